The van der Waals surface area contributed by atoms with Gasteiger partial charge in [-0.2, -0.15) is 0 Å². The predicted molar refractivity (Wildman–Crippen MR) is 93.7 cm³/mol. The van der Waals surface area contributed by atoms with Gasteiger partial charge in [-0.05, 0) is 24.3 Å². The van der Waals surface area contributed by atoms with Crippen LogP contribution < -0.4 is 11.1 Å². The molecule has 1 saturated heterocycles. The molecule has 8 heteroatoms. The number of hydrogen-bond donors (Lipinski definition) is 2. The molecule has 0 aromatic carbocycles. The van der Waals surface area contributed by atoms with Crippen molar-refractivity contribution in [2.24, 2.45) is 17.6 Å². The first kappa shape index (κ1) is 17.0. The Morgan fingerprint density at radius 3 is 2.80 bits per heavy atom. The van der Waals surface area contributed by atoms with Crippen LogP contribution in [-0.4, -0.2) is 56.2 Å². The SMILES string of the molecule is NC(=O)c1c(NC(=O)C2CC2CN2CCOCC2)sc2c1CCOC2. The van der Waals surface area contributed by atoms with E-state index >= 15 is 0 Å². The minimum absolute atomic E-state index is 0.000254. The van der Waals surface area contributed by atoms with E-state index in [0.717, 1.165) is 49.7 Å². The highest BCUT2D eigenvalue weighted by Crippen LogP contribution is 2.42. The number of carbonyl (C=O) groups excluding carboxylic acids is 2. The van der Waals surface area contributed by atoms with E-state index in [1.165, 1.54) is 11.3 Å². The Bertz CT molecular complexity index is 684. The van der Waals surface area contributed by atoms with Gasteiger partial charge in [0, 0.05) is 30.4 Å². The van der Waals surface area contributed by atoms with Crippen molar-refractivity contribution < 1.29 is 19.1 Å². The van der Waals surface area contributed by atoms with Crippen molar-refractivity contribution in [1.29, 1.82) is 0 Å². The van der Waals surface area contributed by atoms with Crippen LogP contribution >= 0.6 is 11.3 Å². The van der Waals surface area contributed by atoms with Crippen LogP contribution in [-0.2, 0) is 27.3 Å². The number of anilines is 1. The number of ether oxygens (including phenoxy) is 2. The molecular formula is C17H23N3O4S. The summed E-state index contributed by atoms with van der Waals surface area (Å²) in [5.41, 5.74) is 6.98. The molecule has 1 aromatic rings. The van der Waals surface area contributed by atoms with Gasteiger partial charge in [0.1, 0.15) is 5.00 Å². The van der Waals surface area contributed by atoms with Crippen molar-refractivity contribution in [3.8, 4) is 0 Å². The molecule has 1 aromatic heterocycles. The molecule has 3 N–H and O–H groups in total. The molecular weight excluding hydrogens is 342 g/mol. The lowest BCUT2D eigenvalue weighted by atomic mass is 10.1. The number of rotatable bonds is 5. The Morgan fingerprint density at radius 1 is 1.24 bits per heavy atom. The standard InChI is InChI=1S/C17H23N3O4S/c18-15(21)14-11-1-4-24-9-13(11)25-17(14)19-16(22)12-7-10(12)8-20-2-5-23-6-3-20/h10,12H,1-9H2,(H2,18,21)(H,19,22). The fraction of sp³-hybridized carbons (Fsp3) is 0.647. The molecule has 0 spiro atoms. The van der Waals surface area contributed by atoms with Crippen LogP contribution in [0.2, 0.25) is 0 Å². The Morgan fingerprint density at radius 2 is 2.04 bits per heavy atom. The lowest BCUT2D eigenvalue weighted by Gasteiger charge is -2.26. The normalized spacial score (nSPS) is 26.1. The van der Waals surface area contributed by atoms with Gasteiger partial charge in [-0.15, -0.1) is 11.3 Å². The second kappa shape index (κ2) is 7.03. The van der Waals surface area contributed by atoms with Gasteiger partial charge < -0.3 is 20.5 Å². The van der Waals surface area contributed by atoms with E-state index < -0.39 is 5.91 Å². The van der Waals surface area contributed by atoms with Crippen LogP contribution in [0.5, 0.6) is 0 Å². The van der Waals surface area contributed by atoms with E-state index in [9.17, 15) is 9.59 Å². The quantitative estimate of drug-likeness (QED) is 0.806. The van der Waals surface area contributed by atoms with E-state index in [-0.39, 0.29) is 11.8 Å². The first-order chi connectivity index (χ1) is 12.1. The molecule has 3 heterocycles. The average molecular weight is 365 g/mol. The van der Waals surface area contributed by atoms with Crippen molar-refractivity contribution in [2.75, 3.05) is 44.8 Å². The molecule has 136 valence electrons. The number of morpholine rings is 1. The van der Waals surface area contributed by atoms with Crippen molar-refractivity contribution >= 4 is 28.2 Å². The zero-order valence-electron chi connectivity index (χ0n) is 14.1. The molecule has 7 nitrogen and oxygen atoms in total. The first-order valence-electron chi connectivity index (χ1n) is 8.76. The van der Waals surface area contributed by atoms with Gasteiger partial charge in [0.25, 0.3) is 5.91 Å². The molecule has 1 saturated carbocycles. The monoisotopic (exact) mass is 365 g/mol. The Labute approximate surface area is 150 Å². The molecule has 2 atom stereocenters. The largest absolute Gasteiger partial charge is 0.379 e. The van der Waals surface area contributed by atoms with Gasteiger partial charge in [0.05, 0.1) is 32.0 Å². The Kier molecular flexibility index (Phi) is 4.77. The number of nitrogens with one attached hydrogen (secondary N) is 1. The smallest absolute Gasteiger partial charge is 0.251 e. The van der Waals surface area contributed by atoms with Crippen molar-refractivity contribution in [1.82, 2.24) is 4.90 Å². The summed E-state index contributed by atoms with van der Waals surface area (Å²) in [7, 11) is 0. The highest BCUT2D eigenvalue weighted by Gasteiger charge is 2.44. The maximum atomic E-state index is 12.6. The van der Waals surface area contributed by atoms with Gasteiger partial charge in [0.15, 0.2) is 0 Å². The first-order valence-corrected chi connectivity index (χ1v) is 9.58. The number of amides is 2. The summed E-state index contributed by atoms with van der Waals surface area (Å²) >= 11 is 1.42. The maximum absolute atomic E-state index is 12.6. The zero-order valence-corrected chi connectivity index (χ0v) is 14.9. The number of carbonyl (C=O) groups is 2. The van der Waals surface area contributed by atoms with Crippen LogP contribution in [0, 0.1) is 11.8 Å². The number of hydrogen-bond acceptors (Lipinski definition) is 6. The maximum Gasteiger partial charge on any atom is 0.251 e. The number of thiophene rings is 1. The second-order valence-electron chi connectivity index (χ2n) is 6.88. The average Bonchev–Trinajstić information content (AvgIpc) is 3.27. The molecule has 3 aliphatic rings. The Hall–Kier alpha value is -1.48. The molecule has 1 aliphatic carbocycles. The molecule has 2 amide bonds. The number of nitrogens with two attached hydrogens (primary N) is 1. The van der Waals surface area contributed by atoms with Gasteiger partial charge in [0.2, 0.25) is 5.91 Å². The fourth-order valence-corrected chi connectivity index (χ4v) is 4.86. The van der Waals surface area contributed by atoms with Gasteiger partial charge in [-0.1, -0.05) is 0 Å². The molecule has 4 rings (SSSR count). The molecule has 0 radical (unpaired) electrons. The number of nitrogens with zero attached hydrogens (tertiary/aromatic N) is 1. The lowest BCUT2D eigenvalue weighted by molar-refractivity contribution is -0.117. The predicted octanol–water partition coefficient (Wildman–Crippen LogP) is 0.826. The second-order valence-corrected chi connectivity index (χ2v) is 7.98. The lowest BCUT2D eigenvalue weighted by Crippen LogP contribution is -2.38. The summed E-state index contributed by atoms with van der Waals surface area (Å²) in [4.78, 5) is 27.8. The van der Waals surface area contributed by atoms with Crippen LogP contribution in [0.25, 0.3) is 0 Å². The summed E-state index contributed by atoms with van der Waals surface area (Å²) in [6, 6.07) is 0. The zero-order chi connectivity index (χ0) is 17.4. The van der Waals surface area contributed by atoms with E-state index in [1.54, 1.807) is 0 Å². The summed E-state index contributed by atoms with van der Waals surface area (Å²) < 4.78 is 10.8. The van der Waals surface area contributed by atoms with Gasteiger partial charge in [-0.25, -0.2) is 0 Å². The van der Waals surface area contributed by atoms with Crippen molar-refractivity contribution in [2.45, 2.75) is 19.4 Å². The minimum Gasteiger partial charge on any atom is -0.379 e. The molecule has 2 aliphatic heterocycles. The number of fused-ring (bicyclic) bond motifs is 1. The molecule has 2 unspecified atom stereocenters. The molecule has 0 bridgehead atoms. The minimum atomic E-state index is -0.477. The highest BCUT2D eigenvalue weighted by molar-refractivity contribution is 7.17. The third-order valence-corrected chi connectivity index (χ3v) is 6.28. The topological polar surface area (TPSA) is 93.9 Å². The van der Waals surface area contributed by atoms with E-state index in [1.807, 2.05) is 0 Å². The number of primary amides is 1. The van der Waals surface area contributed by atoms with Crippen molar-refractivity contribution in [3.05, 3.63) is 16.0 Å². The van der Waals surface area contributed by atoms with Crippen LogP contribution in [0.3, 0.4) is 0 Å². The summed E-state index contributed by atoms with van der Waals surface area (Å²) in [6.07, 6.45) is 1.58. The summed E-state index contributed by atoms with van der Waals surface area (Å²) in [5, 5.41) is 3.55. The molecule has 2 fully saturated rings. The Balaban J connectivity index is 1.40. The van der Waals surface area contributed by atoms with Crippen LogP contribution in [0.4, 0.5) is 5.00 Å². The fourth-order valence-electron chi connectivity index (χ4n) is 3.67. The van der Waals surface area contributed by atoms with E-state index in [4.69, 9.17) is 15.2 Å². The third-order valence-electron chi connectivity index (χ3n) is 5.16. The van der Waals surface area contributed by atoms with Crippen molar-refractivity contribution in [3.63, 3.8) is 0 Å². The van der Waals surface area contributed by atoms with E-state index in [2.05, 4.69) is 10.2 Å². The summed E-state index contributed by atoms with van der Waals surface area (Å²) in [5.74, 6) is -0.0531. The van der Waals surface area contributed by atoms with Crippen LogP contribution in [0.15, 0.2) is 0 Å². The summed E-state index contributed by atoms with van der Waals surface area (Å²) in [6.45, 7) is 5.44. The van der Waals surface area contributed by atoms with E-state index in [0.29, 0.717) is 36.1 Å². The van der Waals surface area contributed by atoms with Crippen LogP contribution in [0.1, 0.15) is 27.2 Å². The van der Waals surface area contributed by atoms with Gasteiger partial charge in [-0.3, -0.25) is 14.5 Å². The third kappa shape index (κ3) is 3.57. The highest BCUT2D eigenvalue weighted by atomic mass is 32.1. The molecule has 25 heavy (non-hydrogen) atoms. The van der Waals surface area contributed by atoms with Gasteiger partial charge >= 0.3 is 0 Å².